The zero-order valence-corrected chi connectivity index (χ0v) is 10.5. The molecule has 0 saturated heterocycles. The lowest BCUT2D eigenvalue weighted by molar-refractivity contribution is 0.349. The van der Waals surface area contributed by atoms with Gasteiger partial charge >= 0.3 is 0 Å². The van der Waals surface area contributed by atoms with Gasteiger partial charge in [-0.15, -0.1) is 0 Å². The van der Waals surface area contributed by atoms with Crippen molar-refractivity contribution in [3.63, 3.8) is 0 Å². The maximum absolute atomic E-state index is 5.88. The zero-order valence-electron chi connectivity index (χ0n) is 9.76. The monoisotopic (exact) mass is 239 g/mol. The molecule has 0 amide bonds. The highest BCUT2D eigenvalue weighted by Gasteiger charge is 2.34. The number of nitrogens with zero attached hydrogens (tertiary/aromatic N) is 1. The number of nitrogens with one attached hydrogen (secondary N) is 1. The number of nitrogen functional groups attached to an aromatic ring is 1. The van der Waals surface area contributed by atoms with Gasteiger partial charge in [-0.1, -0.05) is 31.9 Å². The van der Waals surface area contributed by atoms with Crippen LogP contribution >= 0.6 is 11.6 Å². The van der Waals surface area contributed by atoms with E-state index in [1.165, 1.54) is 19.3 Å². The van der Waals surface area contributed by atoms with Crippen molar-refractivity contribution in [2.45, 2.75) is 39.2 Å². The van der Waals surface area contributed by atoms with Crippen molar-refractivity contribution >= 4 is 23.1 Å². The van der Waals surface area contributed by atoms with Gasteiger partial charge in [0.05, 0.1) is 10.7 Å². The Morgan fingerprint density at radius 3 is 2.88 bits per heavy atom. The number of nitrogens with two attached hydrogens (primary N) is 1. The van der Waals surface area contributed by atoms with Gasteiger partial charge in [0.2, 0.25) is 0 Å². The van der Waals surface area contributed by atoms with Gasteiger partial charge in [0.25, 0.3) is 0 Å². The molecule has 0 spiro atoms. The summed E-state index contributed by atoms with van der Waals surface area (Å²) in [6.07, 6.45) is 5.31. The van der Waals surface area contributed by atoms with Crippen LogP contribution in [0.15, 0.2) is 12.3 Å². The molecule has 4 heteroatoms. The van der Waals surface area contributed by atoms with E-state index in [0.717, 1.165) is 5.82 Å². The van der Waals surface area contributed by atoms with Crippen LogP contribution in [0.4, 0.5) is 11.5 Å². The molecule has 1 aromatic rings. The van der Waals surface area contributed by atoms with E-state index >= 15 is 0 Å². The Bertz CT molecular complexity index is 390. The van der Waals surface area contributed by atoms with Crippen molar-refractivity contribution in [1.29, 1.82) is 0 Å². The first-order valence-corrected chi connectivity index (χ1v) is 6.04. The Labute approximate surface area is 101 Å². The van der Waals surface area contributed by atoms with Gasteiger partial charge < -0.3 is 11.1 Å². The van der Waals surface area contributed by atoms with E-state index < -0.39 is 0 Å². The van der Waals surface area contributed by atoms with E-state index in [9.17, 15) is 0 Å². The molecule has 16 heavy (non-hydrogen) atoms. The highest BCUT2D eigenvalue weighted by atomic mass is 35.5. The summed E-state index contributed by atoms with van der Waals surface area (Å²) in [6.45, 7) is 4.56. The summed E-state index contributed by atoms with van der Waals surface area (Å²) in [6, 6.07) is 2.18. The smallest absolute Gasteiger partial charge is 0.149 e. The van der Waals surface area contributed by atoms with Crippen molar-refractivity contribution < 1.29 is 0 Å². The molecule has 1 unspecified atom stereocenters. The molecule has 0 aliphatic heterocycles. The quantitative estimate of drug-likeness (QED) is 0.833. The normalized spacial score (nSPS) is 23.3. The maximum Gasteiger partial charge on any atom is 0.149 e. The van der Waals surface area contributed by atoms with E-state index in [1.54, 1.807) is 12.3 Å². The van der Waals surface area contributed by atoms with Crippen molar-refractivity contribution in [2.75, 3.05) is 11.1 Å². The van der Waals surface area contributed by atoms with E-state index in [2.05, 4.69) is 24.1 Å². The molecule has 1 heterocycles. The topological polar surface area (TPSA) is 50.9 Å². The summed E-state index contributed by atoms with van der Waals surface area (Å²) in [5.74, 6) is 0.754. The van der Waals surface area contributed by atoms with Crippen LogP contribution in [0.25, 0.3) is 0 Å². The summed E-state index contributed by atoms with van der Waals surface area (Å²) < 4.78 is 0. The number of rotatable bonds is 2. The number of hydrogen-bond donors (Lipinski definition) is 2. The molecule has 1 aromatic heterocycles. The number of halogens is 1. The van der Waals surface area contributed by atoms with Crippen molar-refractivity contribution in [3.8, 4) is 0 Å². The van der Waals surface area contributed by atoms with Gasteiger partial charge in [-0.25, -0.2) is 4.98 Å². The molecular weight excluding hydrogens is 222 g/mol. The first-order chi connectivity index (χ1) is 7.49. The Balaban J connectivity index is 2.15. The molecule has 1 fully saturated rings. The van der Waals surface area contributed by atoms with Gasteiger partial charge in [-0.05, 0) is 24.3 Å². The first-order valence-electron chi connectivity index (χ1n) is 5.66. The van der Waals surface area contributed by atoms with Gasteiger partial charge in [0.15, 0.2) is 0 Å². The third kappa shape index (κ3) is 2.24. The van der Waals surface area contributed by atoms with Crippen LogP contribution in [0.5, 0.6) is 0 Å². The van der Waals surface area contributed by atoms with Crippen molar-refractivity contribution in [3.05, 3.63) is 17.3 Å². The summed E-state index contributed by atoms with van der Waals surface area (Å²) in [5.41, 5.74) is 6.81. The molecule has 3 nitrogen and oxygen atoms in total. The zero-order chi connectivity index (χ0) is 11.8. The standard InChI is InChI=1S/C12H18ClN3/c1-12(2)5-3-4-10(12)16-11-9(14)6-8(13)7-15-11/h6-7,10H,3-5,14H2,1-2H3,(H,15,16). The van der Waals surface area contributed by atoms with Crippen LogP contribution in [-0.4, -0.2) is 11.0 Å². The van der Waals surface area contributed by atoms with Crippen LogP contribution in [0.3, 0.4) is 0 Å². The van der Waals surface area contributed by atoms with Crippen molar-refractivity contribution in [2.24, 2.45) is 5.41 Å². The van der Waals surface area contributed by atoms with E-state index in [-0.39, 0.29) is 0 Å². The Hall–Kier alpha value is -0.960. The summed E-state index contributed by atoms with van der Waals surface area (Å²) in [7, 11) is 0. The second-order valence-electron chi connectivity index (χ2n) is 5.17. The average molecular weight is 240 g/mol. The summed E-state index contributed by atoms with van der Waals surface area (Å²) in [5, 5.41) is 4.01. The molecule has 3 N–H and O–H groups in total. The molecule has 1 aliphatic rings. The molecular formula is C12H18ClN3. The molecule has 88 valence electrons. The molecule has 0 radical (unpaired) electrons. The number of hydrogen-bond acceptors (Lipinski definition) is 3. The van der Waals surface area contributed by atoms with E-state index in [4.69, 9.17) is 17.3 Å². The highest BCUT2D eigenvalue weighted by molar-refractivity contribution is 6.30. The second-order valence-corrected chi connectivity index (χ2v) is 5.61. The molecule has 2 rings (SSSR count). The van der Waals surface area contributed by atoms with Crippen molar-refractivity contribution in [1.82, 2.24) is 4.98 Å². The Kier molecular flexibility index (Phi) is 2.98. The molecule has 1 atom stereocenters. The predicted molar refractivity (Wildman–Crippen MR) is 68.7 cm³/mol. The summed E-state index contributed by atoms with van der Waals surface area (Å²) >= 11 is 5.82. The second kappa shape index (κ2) is 4.13. The SMILES string of the molecule is CC1(C)CCCC1Nc1ncc(Cl)cc1N. The molecule has 1 aliphatic carbocycles. The Morgan fingerprint density at radius 2 is 2.31 bits per heavy atom. The third-order valence-corrected chi connectivity index (χ3v) is 3.66. The van der Waals surface area contributed by atoms with Crippen LogP contribution in [0, 0.1) is 5.41 Å². The lowest BCUT2D eigenvalue weighted by atomic mass is 9.87. The molecule has 0 bridgehead atoms. The lowest BCUT2D eigenvalue weighted by Gasteiger charge is -2.28. The van der Waals surface area contributed by atoms with Gasteiger partial charge in [0, 0.05) is 12.2 Å². The van der Waals surface area contributed by atoms with Gasteiger partial charge in [-0.2, -0.15) is 0 Å². The minimum Gasteiger partial charge on any atom is -0.396 e. The molecule has 1 saturated carbocycles. The van der Waals surface area contributed by atoms with Crippen LogP contribution in [0.2, 0.25) is 5.02 Å². The number of pyridine rings is 1. The first kappa shape index (κ1) is 11.5. The largest absolute Gasteiger partial charge is 0.396 e. The molecule has 0 aromatic carbocycles. The number of anilines is 2. The lowest BCUT2D eigenvalue weighted by Crippen LogP contribution is -2.31. The van der Waals surface area contributed by atoms with Gasteiger partial charge in [-0.3, -0.25) is 0 Å². The Morgan fingerprint density at radius 1 is 1.56 bits per heavy atom. The summed E-state index contributed by atoms with van der Waals surface area (Å²) in [4.78, 5) is 4.24. The van der Waals surface area contributed by atoms with E-state index in [0.29, 0.717) is 22.2 Å². The minimum atomic E-state index is 0.313. The van der Waals surface area contributed by atoms with Crippen LogP contribution in [0.1, 0.15) is 33.1 Å². The highest BCUT2D eigenvalue weighted by Crippen LogP contribution is 2.39. The van der Waals surface area contributed by atoms with Gasteiger partial charge in [0.1, 0.15) is 5.82 Å². The fourth-order valence-electron chi connectivity index (χ4n) is 2.33. The maximum atomic E-state index is 5.88. The number of aromatic nitrogens is 1. The van der Waals surface area contributed by atoms with E-state index in [1.807, 2.05) is 0 Å². The fourth-order valence-corrected chi connectivity index (χ4v) is 2.50. The average Bonchev–Trinajstić information content (AvgIpc) is 2.50. The van der Waals surface area contributed by atoms with Crippen LogP contribution in [-0.2, 0) is 0 Å². The fraction of sp³-hybridized carbons (Fsp3) is 0.583. The minimum absolute atomic E-state index is 0.313. The van der Waals surface area contributed by atoms with Crippen LogP contribution < -0.4 is 11.1 Å². The third-order valence-electron chi connectivity index (χ3n) is 3.45. The predicted octanol–water partition coefficient (Wildman–Crippen LogP) is 3.31.